The number of amides is 2. The minimum absolute atomic E-state index is 0.0102. The van der Waals surface area contributed by atoms with Gasteiger partial charge in [0.05, 0.1) is 6.04 Å². The molecule has 0 aromatic carbocycles. The van der Waals surface area contributed by atoms with E-state index < -0.39 is 17.9 Å². The third-order valence-corrected chi connectivity index (χ3v) is 3.59. The normalized spacial score (nSPS) is 21.0. The zero-order valence-corrected chi connectivity index (χ0v) is 10.7. The number of nitrogens with one attached hydrogen (secondary N) is 2. The van der Waals surface area contributed by atoms with E-state index >= 15 is 0 Å². The fraction of sp³-hybridized carbons (Fsp3) is 0.700. The summed E-state index contributed by atoms with van der Waals surface area (Å²) in [6.45, 7) is 0.724. The van der Waals surface area contributed by atoms with E-state index in [9.17, 15) is 14.4 Å². The van der Waals surface area contributed by atoms with E-state index in [1.807, 2.05) is 0 Å². The third kappa shape index (κ3) is 4.92. The van der Waals surface area contributed by atoms with Crippen LogP contribution in [0.5, 0.6) is 0 Å². The van der Waals surface area contributed by atoms with Crippen molar-refractivity contribution in [3.8, 4) is 0 Å². The summed E-state index contributed by atoms with van der Waals surface area (Å²) in [6, 6.07) is -1.45. The van der Waals surface area contributed by atoms with E-state index in [-0.39, 0.29) is 24.8 Å². The standard InChI is InChI=1S/C10H17N3O4S/c11-8(14)2-1-6(10(16)17)13-9(15)7-5-18-4-3-12-7/h6-7,12H,1-5H2,(H2,11,14)(H,13,15)(H,16,17)/t6-,7?/m0/s1. The molecule has 0 spiro atoms. The van der Waals surface area contributed by atoms with Gasteiger partial charge in [0.2, 0.25) is 11.8 Å². The van der Waals surface area contributed by atoms with Gasteiger partial charge in [-0.05, 0) is 6.42 Å². The molecule has 1 aliphatic heterocycles. The van der Waals surface area contributed by atoms with Crippen molar-refractivity contribution < 1.29 is 19.5 Å². The van der Waals surface area contributed by atoms with Gasteiger partial charge in [-0.2, -0.15) is 11.8 Å². The maximum atomic E-state index is 11.8. The van der Waals surface area contributed by atoms with Crippen LogP contribution in [0.2, 0.25) is 0 Å². The van der Waals surface area contributed by atoms with Crippen molar-refractivity contribution in [3.05, 3.63) is 0 Å². The van der Waals surface area contributed by atoms with Gasteiger partial charge >= 0.3 is 5.97 Å². The molecule has 18 heavy (non-hydrogen) atoms. The summed E-state index contributed by atoms with van der Waals surface area (Å²) < 4.78 is 0. The number of thioether (sulfide) groups is 1. The van der Waals surface area contributed by atoms with Crippen molar-refractivity contribution in [3.63, 3.8) is 0 Å². The SMILES string of the molecule is NC(=O)CC[C@H](NC(=O)C1CSCCN1)C(=O)O. The molecule has 0 aromatic rings. The van der Waals surface area contributed by atoms with E-state index in [4.69, 9.17) is 10.8 Å². The van der Waals surface area contributed by atoms with Crippen LogP contribution in [0.25, 0.3) is 0 Å². The van der Waals surface area contributed by atoms with Crippen molar-refractivity contribution in [1.82, 2.24) is 10.6 Å². The Morgan fingerprint density at radius 3 is 2.72 bits per heavy atom. The smallest absolute Gasteiger partial charge is 0.326 e. The van der Waals surface area contributed by atoms with Gasteiger partial charge in [-0.3, -0.25) is 9.59 Å². The van der Waals surface area contributed by atoms with Crippen LogP contribution in [-0.4, -0.2) is 53.0 Å². The number of rotatable bonds is 6. The number of carbonyl (C=O) groups is 3. The molecule has 0 bridgehead atoms. The lowest BCUT2D eigenvalue weighted by Gasteiger charge is -2.24. The van der Waals surface area contributed by atoms with Gasteiger partial charge in [0.25, 0.3) is 0 Å². The number of hydrogen-bond acceptors (Lipinski definition) is 5. The number of nitrogens with two attached hydrogens (primary N) is 1. The van der Waals surface area contributed by atoms with Crippen molar-refractivity contribution in [2.24, 2.45) is 5.73 Å². The van der Waals surface area contributed by atoms with Crippen LogP contribution in [0.4, 0.5) is 0 Å². The second-order valence-corrected chi connectivity index (χ2v) is 5.14. The first-order valence-electron chi connectivity index (χ1n) is 5.63. The van der Waals surface area contributed by atoms with Crippen LogP contribution >= 0.6 is 11.8 Å². The summed E-state index contributed by atoms with van der Waals surface area (Å²) in [6.07, 6.45) is -0.0552. The summed E-state index contributed by atoms with van der Waals surface area (Å²) in [5.41, 5.74) is 4.95. The minimum Gasteiger partial charge on any atom is -0.480 e. The Bertz CT molecular complexity index is 331. The maximum Gasteiger partial charge on any atom is 0.326 e. The van der Waals surface area contributed by atoms with Crippen LogP contribution in [0, 0.1) is 0 Å². The fourth-order valence-corrected chi connectivity index (χ4v) is 2.48. The van der Waals surface area contributed by atoms with E-state index in [1.54, 1.807) is 11.8 Å². The monoisotopic (exact) mass is 275 g/mol. The molecule has 0 aromatic heterocycles. The number of aliphatic carboxylic acids is 1. The summed E-state index contributed by atoms with van der Waals surface area (Å²) >= 11 is 1.64. The molecular weight excluding hydrogens is 258 g/mol. The van der Waals surface area contributed by atoms with Crippen LogP contribution in [0.1, 0.15) is 12.8 Å². The highest BCUT2D eigenvalue weighted by Gasteiger charge is 2.26. The number of carbonyl (C=O) groups excluding carboxylic acids is 2. The van der Waals surface area contributed by atoms with Crippen LogP contribution < -0.4 is 16.4 Å². The van der Waals surface area contributed by atoms with Crippen LogP contribution in [0.3, 0.4) is 0 Å². The van der Waals surface area contributed by atoms with Crippen molar-refractivity contribution in [2.75, 3.05) is 18.1 Å². The lowest BCUT2D eigenvalue weighted by Crippen LogP contribution is -2.53. The van der Waals surface area contributed by atoms with E-state index in [0.717, 1.165) is 12.3 Å². The largest absolute Gasteiger partial charge is 0.480 e. The zero-order chi connectivity index (χ0) is 13.5. The Hall–Kier alpha value is -1.28. The molecule has 0 aliphatic carbocycles. The number of carboxylic acid groups (broad SMARTS) is 1. The molecule has 1 heterocycles. The number of primary amides is 1. The van der Waals surface area contributed by atoms with Gasteiger partial charge in [0.15, 0.2) is 0 Å². The summed E-state index contributed by atoms with van der Waals surface area (Å²) in [5.74, 6) is -0.532. The van der Waals surface area contributed by atoms with Crippen molar-refractivity contribution >= 4 is 29.5 Å². The fourth-order valence-electron chi connectivity index (χ4n) is 1.55. The molecule has 1 rings (SSSR count). The van der Waals surface area contributed by atoms with Gasteiger partial charge in [-0.1, -0.05) is 0 Å². The Morgan fingerprint density at radius 1 is 1.50 bits per heavy atom. The van der Waals surface area contributed by atoms with Crippen LogP contribution in [0.15, 0.2) is 0 Å². The van der Waals surface area contributed by atoms with Gasteiger partial charge in [0, 0.05) is 24.5 Å². The quantitative estimate of drug-likeness (QED) is 0.469. The molecule has 0 radical (unpaired) electrons. The number of carboxylic acids is 1. The summed E-state index contributed by atoms with van der Waals surface area (Å²) in [4.78, 5) is 33.3. The van der Waals surface area contributed by atoms with Crippen LogP contribution in [-0.2, 0) is 14.4 Å². The maximum absolute atomic E-state index is 11.8. The summed E-state index contributed by atoms with van der Waals surface area (Å²) in [7, 11) is 0. The van der Waals surface area contributed by atoms with Gasteiger partial charge in [-0.15, -0.1) is 0 Å². The molecule has 1 aliphatic rings. The van der Waals surface area contributed by atoms with Gasteiger partial charge < -0.3 is 21.5 Å². The molecule has 7 nitrogen and oxygen atoms in total. The number of hydrogen-bond donors (Lipinski definition) is 4. The molecule has 1 fully saturated rings. The highest BCUT2D eigenvalue weighted by molar-refractivity contribution is 7.99. The minimum atomic E-state index is -1.16. The molecule has 5 N–H and O–H groups in total. The zero-order valence-electron chi connectivity index (χ0n) is 9.85. The molecule has 8 heteroatoms. The average molecular weight is 275 g/mol. The topological polar surface area (TPSA) is 122 Å². The predicted molar refractivity (Wildman–Crippen MR) is 67.1 cm³/mol. The lowest BCUT2D eigenvalue weighted by atomic mass is 10.1. The second-order valence-electron chi connectivity index (χ2n) is 3.99. The van der Waals surface area contributed by atoms with E-state index in [2.05, 4.69) is 10.6 Å². The Balaban J connectivity index is 2.46. The molecule has 2 atom stereocenters. The molecule has 1 unspecified atom stereocenters. The molecule has 102 valence electrons. The van der Waals surface area contributed by atoms with E-state index in [0.29, 0.717) is 5.75 Å². The molecule has 0 saturated carbocycles. The first-order chi connectivity index (χ1) is 8.50. The Morgan fingerprint density at radius 2 is 2.22 bits per heavy atom. The Kier molecular flexibility index (Phi) is 5.93. The average Bonchev–Trinajstić information content (AvgIpc) is 2.34. The highest BCUT2D eigenvalue weighted by Crippen LogP contribution is 2.08. The Labute approximate surface area is 109 Å². The van der Waals surface area contributed by atoms with Gasteiger partial charge in [0.1, 0.15) is 6.04 Å². The van der Waals surface area contributed by atoms with Gasteiger partial charge in [-0.25, -0.2) is 4.79 Å². The first-order valence-corrected chi connectivity index (χ1v) is 6.79. The molecular formula is C10H17N3O4S. The molecule has 1 saturated heterocycles. The first kappa shape index (κ1) is 14.8. The van der Waals surface area contributed by atoms with Crippen molar-refractivity contribution in [2.45, 2.75) is 24.9 Å². The highest BCUT2D eigenvalue weighted by atomic mass is 32.2. The van der Waals surface area contributed by atoms with Crippen molar-refractivity contribution in [1.29, 1.82) is 0 Å². The third-order valence-electron chi connectivity index (χ3n) is 2.53. The van der Waals surface area contributed by atoms with E-state index in [1.165, 1.54) is 0 Å². The molecule has 2 amide bonds. The summed E-state index contributed by atoms with van der Waals surface area (Å²) in [5, 5.41) is 14.4. The predicted octanol–water partition coefficient (Wildman–Crippen LogP) is -1.47. The second kappa shape index (κ2) is 7.22. The lowest BCUT2D eigenvalue weighted by molar-refractivity contribution is -0.142.